The smallest absolute Gasteiger partial charge is 0.322 e. The van der Waals surface area contributed by atoms with Gasteiger partial charge < -0.3 is 21.1 Å². The average molecular weight is 303 g/mol. The number of hydrogen-bond donors (Lipinski definition) is 3. The Kier molecular flexibility index (Phi) is 3.68. The van der Waals surface area contributed by atoms with E-state index in [0.717, 1.165) is 29.7 Å². The Morgan fingerprint density at radius 1 is 1.32 bits per heavy atom. The number of fused-ring (bicyclic) bond motifs is 1. The summed E-state index contributed by atoms with van der Waals surface area (Å²) in [4.78, 5) is 25.2. The van der Waals surface area contributed by atoms with Crippen LogP contribution in [0.4, 0.5) is 16.2 Å². The van der Waals surface area contributed by atoms with Gasteiger partial charge in [-0.15, -0.1) is 0 Å². The fourth-order valence-electron chi connectivity index (χ4n) is 3.52. The highest BCUT2D eigenvalue weighted by molar-refractivity contribution is 5.93. The van der Waals surface area contributed by atoms with Crippen LogP contribution in [-0.4, -0.2) is 28.0 Å². The van der Waals surface area contributed by atoms with E-state index in [4.69, 9.17) is 10.8 Å². The van der Waals surface area contributed by atoms with E-state index in [1.54, 1.807) is 6.07 Å². The minimum absolute atomic E-state index is 0.112. The third-order valence-corrected chi connectivity index (χ3v) is 4.81. The van der Waals surface area contributed by atoms with Gasteiger partial charge in [0.15, 0.2) is 0 Å². The SMILES string of the molecule is Cc1cc(N)cc2c1CN(C1CCC(C(=O)O)CC1)C(=O)N2. The number of nitrogens with zero attached hydrogens (tertiary/aromatic N) is 1. The van der Waals surface area contributed by atoms with E-state index in [1.807, 2.05) is 17.9 Å². The molecule has 6 heteroatoms. The van der Waals surface area contributed by atoms with Crippen molar-refractivity contribution >= 4 is 23.4 Å². The molecule has 3 rings (SSSR count). The number of anilines is 2. The van der Waals surface area contributed by atoms with E-state index in [-0.39, 0.29) is 18.0 Å². The maximum atomic E-state index is 12.4. The molecule has 1 aromatic carbocycles. The molecular weight excluding hydrogens is 282 g/mol. The van der Waals surface area contributed by atoms with Crippen molar-refractivity contribution in [2.24, 2.45) is 5.92 Å². The number of aryl methyl sites for hydroxylation is 1. The number of hydrogen-bond acceptors (Lipinski definition) is 3. The van der Waals surface area contributed by atoms with E-state index in [9.17, 15) is 9.59 Å². The molecule has 0 saturated heterocycles. The quantitative estimate of drug-likeness (QED) is 0.732. The normalized spacial score (nSPS) is 24.6. The zero-order valence-corrected chi connectivity index (χ0v) is 12.6. The second-order valence-corrected chi connectivity index (χ2v) is 6.27. The number of carboxylic acid groups (broad SMARTS) is 1. The maximum absolute atomic E-state index is 12.4. The van der Waals surface area contributed by atoms with Gasteiger partial charge in [-0.05, 0) is 55.9 Å². The van der Waals surface area contributed by atoms with Crippen molar-refractivity contribution in [3.63, 3.8) is 0 Å². The Morgan fingerprint density at radius 3 is 2.64 bits per heavy atom. The number of carboxylic acids is 1. The van der Waals surface area contributed by atoms with Gasteiger partial charge >= 0.3 is 12.0 Å². The number of nitrogens with one attached hydrogen (secondary N) is 1. The summed E-state index contributed by atoms with van der Waals surface area (Å²) < 4.78 is 0. The molecular formula is C16H21N3O3. The molecule has 22 heavy (non-hydrogen) atoms. The van der Waals surface area contributed by atoms with Gasteiger partial charge in [-0.25, -0.2) is 4.79 Å². The van der Waals surface area contributed by atoms with Crippen LogP contribution >= 0.6 is 0 Å². The summed E-state index contributed by atoms with van der Waals surface area (Å²) in [6.45, 7) is 2.56. The lowest BCUT2D eigenvalue weighted by Crippen LogP contribution is -2.47. The second-order valence-electron chi connectivity index (χ2n) is 6.27. The van der Waals surface area contributed by atoms with Crippen LogP contribution in [0.5, 0.6) is 0 Å². The van der Waals surface area contributed by atoms with Crippen LogP contribution in [0, 0.1) is 12.8 Å². The monoisotopic (exact) mass is 303 g/mol. The number of urea groups is 1. The molecule has 0 spiro atoms. The first-order valence-corrected chi connectivity index (χ1v) is 7.65. The Bertz CT molecular complexity index is 621. The Balaban J connectivity index is 1.76. The van der Waals surface area contributed by atoms with Gasteiger partial charge in [0.2, 0.25) is 0 Å². The number of nitrogens with two attached hydrogens (primary N) is 1. The van der Waals surface area contributed by atoms with Gasteiger partial charge in [0, 0.05) is 17.4 Å². The summed E-state index contributed by atoms with van der Waals surface area (Å²) in [5.41, 5.74) is 9.42. The van der Waals surface area contributed by atoms with E-state index in [2.05, 4.69) is 5.32 Å². The summed E-state index contributed by atoms with van der Waals surface area (Å²) in [6, 6.07) is 3.70. The molecule has 1 aliphatic carbocycles. The molecule has 4 N–H and O–H groups in total. The fraction of sp³-hybridized carbons (Fsp3) is 0.500. The first kappa shape index (κ1) is 14.7. The fourth-order valence-corrected chi connectivity index (χ4v) is 3.52. The predicted molar refractivity (Wildman–Crippen MR) is 83.5 cm³/mol. The Labute approximate surface area is 129 Å². The van der Waals surface area contributed by atoms with Crippen molar-refractivity contribution < 1.29 is 14.7 Å². The van der Waals surface area contributed by atoms with Gasteiger partial charge in [0.1, 0.15) is 0 Å². The highest BCUT2D eigenvalue weighted by atomic mass is 16.4. The highest BCUT2D eigenvalue weighted by Gasteiger charge is 2.34. The highest BCUT2D eigenvalue weighted by Crippen LogP contribution is 2.34. The van der Waals surface area contributed by atoms with Gasteiger partial charge in [-0.3, -0.25) is 4.79 Å². The van der Waals surface area contributed by atoms with Crippen LogP contribution < -0.4 is 11.1 Å². The average Bonchev–Trinajstić information content (AvgIpc) is 2.46. The number of amides is 2. The van der Waals surface area contributed by atoms with Gasteiger partial charge in [-0.2, -0.15) is 0 Å². The third kappa shape index (κ3) is 2.61. The second kappa shape index (κ2) is 5.51. The number of carbonyl (C=O) groups is 2. The standard InChI is InChI=1S/C16H21N3O3/c1-9-6-11(17)7-14-13(9)8-19(16(22)18-14)12-4-2-10(3-5-12)15(20)21/h6-7,10,12H,2-5,8,17H2,1H3,(H,18,22)(H,20,21). The first-order chi connectivity index (χ1) is 10.5. The summed E-state index contributed by atoms with van der Waals surface area (Å²) in [5, 5.41) is 12.0. The molecule has 1 aromatic rings. The van der Waals surface area contributed by atoms with Crippen molar-refractivity contribution in [2.45, 2.75) is 45.2 Å². The Morgan fingerprint density at radius 2 is 2.00 bits per heavy atom. The van der Waals surface area contributed by atoms with Crippen LogP contribution in [0.25, 0.3) is 0 Å². The van der Waals surface area contributed by atoms with E-state index in [1.165, 1.54) is 0 Å². The Hall–Kier alpha value is -2.24. The van der Waals surface area contributed by atoms with Gasteiger partial charge in [0.05, 0.1) is 12.5 Å². The predicted octanol–water partition coefficient (Wildman–Crippen LogP) is 2.57. The number of rotatable bonds is 2. The minimum atomic E-state index is -0.724. The molecule has 0 unspecified atom stereocenters. The summed E-state index contributed by atoms with van der Waals surface area (Å²) in [7, 11) is 0. The van der Waals surface area contributed by atoms with Crippen molar-refractivity contribution in [1.82, 2.24) is 4.90 Å². The van der Waals surface area contributed by atoms with E-state index < -0.39 is 5.97 Å². The number of nitrogen functional groups attached to an aromatic ring is 1. The lowest BCUT2D eigenvalue weighted by Gasteiger charge is -2.39. The molecule has 1 fully saturated rings. The molecule has 0 atom stereocenters. The molecule has 6 nitrogen and oxygen atoms in total. The van der Waals surface area contributed by atoms with Crippen LogP contribution in [0.2, 0.25) is 0 Å². The lowest BCUT2D eigenvalue weighted by molar-refractivity contribution is -0.143. The van der Waals surface area contributed by atoms with E-state index in [0.29, 0.717) is 25.1 Å². The van der Waals surface area contributed by atoms with Gasteiger partial charge in [-0.1, -0.05) is 0 Å². The number of benzene rings is 1. The van der Waals surface area contributed by atoms with Crippen LogP contribution in [0.15, 0.2) is 12.1 Å². The van der Waals surface area contributed by atoms with Gasteiger partial charge in [0.25, 0.3) is 0 Å². The summed E-state index contributed by atoms with van der Waals surface area (Å²) >= 11 is 0. The van der Waals surface area contributed by atoms with Crippen molar-refractivity contribution in [3.05, 3.63) is 23.3 Å². The zero-order valence-electron chi connectivity index (χ0n) is 12.6. The third-order valence-electron chi connectivity index (χ3n) is 4.81. The number of carbonyl (C=O) groups excluding carboxylic acids is 1. The van der Waals surface area contributed by atoms with Crippen molar-refractivity contribution in [3.8, 4) is 0 Å². The van der Waals surface area contributed by atoms with Crippen molar-refractivity contribution in [1.29, 1.82) is 0 Å². The summed E-state index contributed by atoms with van der Waals surface area (Å²) in [5.74, 6) is -0.990. The molecule has 0 bridgehead atoms. The first-order valence-electron chi connectivity index (χ1n) is 7.65. The molecule has 0 radical (unpaired) electrons. The maximum Gasteiger partial charge on any atom is 0.322 e. The topological polar surface area (TPSA) is 95.7 Å². The molecule has 1 heterocycles. The number of aliphatic carboxylic acids is 1. The molecule has 0 aromatic heterocycles. The lowest BCUT2D eigenvalue weighted by atomic mass is 9.85. The largest absolute Gasteiger partial charge is 0.481 e. The van der Waals surface area contributed by atoms with E-state index >= 15 is 0 Å². The zero-order chi connectivity index (χ0) is 15.9. The molecule has 118 valence electrons. The van der Waals surface area contributed by atoms with Crippen LogP contribution in [-0.2, 0) is 11.3 Å². The molecule has 1 saturated carbocycles. The molecule has 2 aliphatic rings. The summed E-state index contributed by atoms with van der Waals surface area (Å²) in [6.07, 6.45) is 2.76. The van der Waals surface area contributed by atoms with Crippen molar-refractivity contribution in [2.75, 3.05) is 11.1 Å². The van der Waals surface area contributed by atoms with Crippen LogP contribution in [0.3, 0.4) is 0 Å². The molecule has 2 amide bonds. The van der Waals surface area contributed by atoms with Crippen LogP contribution in [0.1, 0.15) is 36.8 Å². The minimum Gasteiger partial charge on any atom is -0.481 e. The molecule has 1 aliphatic heterocycles.